The number of carbonyl (C=O) groups excluding carboxylic acids is 2. The van der Waals surface area contributed by atoms with Crippen molar-refractivity contribution in [3.8, 4) is 0 Å². The van der Waals surface area contributed by atoms with Crippen LogP contribution in [0.2, 0.25) is 0 Å². The Kier molecular flexibility index (Phi) is 11.5. The van der Waals surface area contributed by atoms with Crippen LogP contribution < -0.4 is 5.32 Å². The fourth-order valence-corrected chi connectivity index (χ4v) is 5.93. The van der Waals surface area contributed by atoms with Gasteiger partial charge in [0, 0.05) is 32.3 Å². The molecule has 204 valence electrons. The van der Waals surface area contributed by atoms with E-state index >= 15 is 0 Å². The summed E-state index contributed by atoms with van der Waals surface area (Å²) in [6.45, 7) is 6.93. The van der Waals surface area contributed by atoms with Crippen molar-refractivity contribution < 1.29 is 19.1 Å². The average molecular weight is 530 g/mol. The second kappa shape index (κ2) is 14.6. The number of hydrogen-bond acceptors (Lipinski definition) is 6. The summed E-state index contributed by atoms with van der Waals surface area (Å²) in [6.07, 6.45) is 5.95. The van der Waals surface area contributed by atoms with Crippen LogP contribution in [0.5, 0.6) is 0 Å². The van der Waals surface area contributed by atoms with Crippen LogP contribution in [0.15, 0.2) is 41.9 Å². The summed E-state index contributed by atoms with van der Waals surface area (Å²) in [6, 6.07) is 9.76. The molecule has 0 spiro atoms. The number of nitrogens with one attached hydrogen (secondary N) is 1. The molecule has 1 saturated heterocycles. The first kappa shape index (κ1) is 29.3. The molecule has 2 amide bonds. The summed E-state index contributed by atoms with van der Waals surface area (Å²) in [7, 11) is 3.32. The Balaban J connectivity index is 1.68. The first-order valence-electron chi connectivity index (χ1n) is 13.5. The second-order valence-electron chi connectivity index (χ2n) is 10.2. The molecule has 1 aromatic heterocycles. The van der Waals surface area contributed by atoms with E-state index in [4.69, 9.17) is 9.47 Å². The molecule has 1 aliphatic heterocycles. The van der Waals surface area contributed by atoms with E-state index in [-0.39, 0.29) is 30.0 Å². The number of aromatic nitrogens is 1. The van der Waals surface area contributed by atoms with Crippen molar-refractivity contribution >= 4 is 23.2 Å². The van der Waals surface area contributed by atoms with Gasteiger partial charge in [0.2, 0.25) is 11.8 Å². The molecule has 2 heterocycles. The van der Waals surface area contributed by atoms with E-state index in [9.17, 15) is 9.59 Å². The standard InChI is InChI=1S/C29H43N3O4S/c1-6-20(2)17-23(35-4)19-26(33)32-15-10-13-25(32)27(36-5)21(3)28(34)31-24(29-30-14-16-37-29)18-22-11-8-7-9-12-22/h7-9,11-12,14,16,20-21,23-25,27H,6,10,13,15,17-19H2,1-5H3,(H,31,34)/t20-,21+,23-,24?,25-,27+/m0/s1. The van der Waals surface area contributed by atoms with Crippen LogP contribution in [0.1, 0.15) is 69.5 Å². The van der Waals surface area contributed by atoms with E-state index in [0.717, 1.165) is 36.3 Å². The lowest BCUT2D eigenvalue weighted by Crippen LogP contribution is -2.50. The van der Waals surface area contributed by atoms with Gasteiger partial charge in [-0.15, -0.1) is 11.3 Å². The molecule has 1 aliphatic rings. The van der Waals surface area contributed by atoms with Crippen LogP contribution in [-0.2, 0) is 25.5 Å². The molecule has 1 N–H and O–H groups in total. The van der Waals surface area contributed by atoms with Gasteiger partial charge in [-0.1, -0.05) is 57.5 Å². The van der Waals surface area contributed by atoms with E-state index in [1.54, 1.807) is 20.4 Å². The molecule has 0 bridgehead atoms. The molecule has 7 nitrogen and oxygen atoms in total. The molecule has 2 aromatic rings. The fourth-order valence-electron chi connectivity index (χ4n) is 5.24. The van der Waals surface area contributed by atoms with Crippen LogP contribution in [-0.4, -0.2) is 60.7 Å². The van der Waals surface area contributed by atoms with Crippen LogP contribution >= 0.6 is 11.3 Å². The minimum Gasteiger partial charge on any atom is -0.381 e. The lowest BCUT2D eigenvalue weighted by atomic mass is 9.93. The summed E-state index contributed by atoms with van der Waals surface area (Å²) in [5.74, 6) is 0.0649. The van der Waals surface area contributed by atoms with Gasteiger partial charge in [0.1, 0.15) is 5.01 Å². The molecule has 1 aromatic carbocycles. The Morgan fingerprint density at radius 3 is 2.57 bits per heavy atom. The zero-order chi connectivity index (χ0) is 26.8. The minimum absolute atomic E-state index is 0.0806. The maximum Gasteiger partial charge on any atom is 0.226 e. The summed E-state index contributed by atoms with van der Waals surface area (Å²) >= 11 is 1.54. The highest BCUT2D eigenvalue weighted by atomic mass is 32.1. The summed E-state index contributed by atoms with van der Waals surface area (Å²) in [5.41, 5.74) is 1.14. The number of ether oxygens (including phenoxy) is 2. The van der Waals surface area contributed by atoms with E-state index in [1.165, 1.54) is 11.3 Å². The van der Waals surface area contributed by atoms with E-state index in [1.807, 2.05) is 35.4 Å². The third-order valence-corrected chi connectivity index (χ3v) is 8.51. The van der Waals surface area contributed by atoms with Gasteiger partial charge < -0.3 is 19.7 Å². The highest BCUT2D eigenvalue weighted by Crippen LogP contribution is 2.29. The van der Waals surface area contributed by atoms with Gasteiger partial charge in [-0.2, -0.15) is 0 Å². The van der Waals surface area contributed by atoms with E-state index in [0.29, 0.717) is 25.3 Å². The Hall–Kier alpha value is -2.29. The molecule has 6 atom stereocenters. The van der Waals surface area contributed by atoms with Crippen molar-refractivity contribution in [3.05, 3.63) is 52.5 Å². The predicted octanol–water partition coefficient (Wildman–Crippen LogP) is 5.03. The molecule has 0 aliphatic carbocycles. The number of thiazole rings is 1. The Morgan fingerprint density at radius 2 is 1.95 bits per heavy atom. The van der Waals surface area contributed by atoms with Gasteiger partial charge in [0.15, 0.2) is 0 Å². The van der Waals surface area contributed by atoms with Gasteiger partial charge in [-0.3, -0.25) is 9.59 Å². The zero-order valence-electron chi connectivity index (χ0n) is 22.9. The highest BCUT2D eigenvalue weighted by Gasteiger charge is 2.40. The zero-order valence-corrected chi connectivity index (χ0v) is 23.7. The molecule has 1 unspecified atom stereocenters. The number of likely N-dealkylation sites (tertiary alicyclic amines) is 1. The number of rotatable bonds is 14. The lowest BCUT2D eigenvalue weighted by Gasteiger charge is -2.35. The second-order valence-corrected chi connectivity index (χ2v) is 11.1. The Bertz CT molecular complexity index is 955. The van der Waals surface area contributed by atoms with Crippen molar-refractivity contribution in [2.24, 2.45) is 11.8 Å². The monoisotopic (exact) mass is 529 g/mol. The van der Waals surface area contributed by atoms with Gasteiger partial charge in [-0.05, 0) is 37.2 Å². The van der Waals surface area contributed by atoms with Crippen molar-refractivity contribution in [1.29, 1.82) is 0 Å². The maximum absolute atomic E-state index is 13.5. The number of hydrogen-bond donors (Lipinski definition) is 1. The number of nitrogens with zero attached hydrogens (tertiary/aromatic N) is 2. The smallest absolute Gasteiger partial charge is 0.226 e. The van der Waals surface area contributed by atoms with Crippen LogP contribution in [0.25, 0.3) is 0 Å². The number of methoxy groups -OCH3 is 2. The number of carbonyl (C=O) groups is 2. The molecular formula is C29H43N3O4S. The first-order valence-corrected chi connectivity index (χ1v) is 14.3. The van der Waals surface area contributed by atoms with E-state index in [2.05, 4.69) is 36.3 Å². The molecule has 37 heavy (non-hydrogen) atoms. The largest absolute Gasteiger partial charge is 0.381 e. The summed E-state index contributed by atoms with van der Waals surface area (Å²) < 4.78 is 11.5. The van der Waals surface area contributed by atoms with Crippen LogP contribution in [0, 0.1) is 11.8 Å². The highest BCUT2D eigenvalue weighted by molar-refractivity contribution is 7.09. The first-order chi connectivity index (χ1) is 17.9. The topological polar surface area (TPSA) is 80.8 Å². The molecule has 3 rings (SSSR count). The molecule has 0 saturated carbocycles. The van der Waals surface area contributed by atoms with E-state index < -0.39 is 12.0 Å². The third kappa shape index (κ3) is 8.09. The van der Waals surface area contributed by atoms with Gasteiger partial charge >= 0.3 is 0 Å². The number of amides is 2. The van der Waals surface area contributed by atoms with Gasteiger partial charge in [0.05, 0.1) is 36.6 Å². The molecule has 1 fully saturated rings. The molecular weight excluding hydrogens is 486 g/mol. The summed E-state index contributed by atoms with van der Waals surface area (Å²) in [4.78, 5) is 33.2. The minimum atomic E-state index is -0.431. The van der Waals surface area contributed by atoms with Crippen LogP contribution in [0.3, 0.4) is 0 Å². The Morgan fingerprint density at radius 1 is 1.19 bits per heavy atom. The van der Waals surface area contributed by atoms with Crippen LogP contribution in [0.4, 0.5) is 0 Å². The normalized spacial score (nSPS) is 19.7. The quantitative estimate of drug-likeness (QED) is 0.371. The van der Waals surface area contributed by atoms with Gasteiger partial charge in [0.25, 0.3) is 0 Å². The maximum atomic E-state index is 13.5. The molecule has 0 radical (unpaired) electrons. The SMILES string of the molecule is CC[C@H](C)C[C@@H](CC(=O)N1CCC[C@H]1[C@H](OC)[C@@H](C)C(=O)NC(Cc1ccccc1)c1nccs1)OC. The third-order valence-electron chi connectivity index (χ3n) is 7.62. The van der Waals surface area contributed by atoms with Crippen molar-refractivity contribution in [2.45, 2.75) is 83.6 Å². The lowest BCUT2D eigenvalue weighted by molar-refractivity contribution is -0.142. The molecule has 8 heteroatoms. The number of benzene rings is 1. The fraction of sp³-hybridized carbons (Fsp3) is 0.621. The Labute approximate surface area is 226 Å². The average Bonchev–Trinajstić information content (AvgIpc) is 3.62. The van der Waals surface area contributed by atoms with Crippen molar-refractivity contribution in [2.75, 3.05) is 20.8 Å². The van der Waals surface area contributed by atoms with Crippen molar-refractivity contribution in [1.82, 2.24) is 15.2 Å². The summed E-state index contributed by atoms with van der Waals surface area (Å²) in [5, 5.41) is 6.03. The van der Waals surface area contributed by atoms with Crippen molar-refractivity contribution in [3.63, 3.8) is 0 Å². The van der Waals surface area contributed by atoms with Gasteiger partial charge in [-0.25, -0.2) is 4.98 Å². The predicted molar refractivity (Wildman–Crippen MR) is 147 cm³/mol.